The summed E-state index contributed by atoms with van der Waals surface area (Å²) in [5, 5.41) is 14.1. The van der Waals surface area contributed by atoms with Gasteiger partial charge < -0.3 is 15.1 Å². The Hall–Kier alpha value is -2.50. The van der Waals surface area contributed by atoms with Gasteiger partial charge in [0.15, 0.2) is 5.96 Å². The lowest BCUT2D eigenvalue weighted by atomic mass is 10.2. The number of aliphatic imine (C=N–C) groups is 1. The Morgan fingerprint density at radius 3 is 2.55 bits per heavy atom. The molecule has 1 N–H and O–H groups in total. The summed E-state index contributed by atoms with van der Waals surface area (Å²) in [7, 11) is 1.66. The number of non-ortho nitro benzene ring substituents is 1. The predicted octanol–water partition coefficient (Wildman–Crippen LogP) is 3.39. The first-order chi connectivity index (χ1) is 13.5. The van der Waals surface area contributed by atoms with Crippen molar-refractivity contribution in [2.45, 2.75) is 6.54 Å². The minimum atomic E-state index is -0.465. The summed E-state index contributed by atoms with van der Waals surface area (Å²) in [5.74, 6) is -0.248. The average molecular weight is 517 g/mol. The summed E-state index contributed by atoms with van der Waals surface area (Å²) < 4.78 is 27.4. The number of nitro benzene ring substituents is 1. The molecule has 0 aromatic heterocycles. The molecule has 0 amide bonds. The Kier molecular flexibility index (Phi) is 8.11. The fourth-order valence-electron chi connectivity index (χ4n) is 3.18. The van der Waals surface area contributed by atoms with E-state index in [1.54, 1.807) is 19.2 Å². The van der Waals surface area contributed by atoms with E-state index in [0.29, 0.717) is 38.7 Å². The summed E-state index contributed by atoms with van der Waals surface area (Å²) in [4.78, 5) is 18.5. The van der Waals surface area contributed by atoms with Crippen molar-refractivity contribution in [1.82, 2.24) is 10.2 Å². The molecule has 0 saturated carbocycles. The maximum atomic E-state index is 14.0. The third-order valence-electron chi connectivity index (χ3n) is 4.61. The quantitative estimate of drug-likeness (QED) is 0.221. The topological polar surface area (TPSA) is 74.0 Å². The van der Waals surface area contributed by atoms with Crippen molar-refractivity contribution in [1.29, 1.82) is 0 Å². The molecule has 3 rings (SSSR count). The SMILES string of the molecule is CN=C(NCc1cccc([N+](=O)[O-])c1)N1CCN(c2cc(F)ccc2F)CC1.I. The van der Waals surface area contributed by atoms with Crippen molar-refractivity contribution in [2.24, 2.45) is 4.99 Å². The zero-order valence-electron chi connectivity index (χ0n) is 15.8. The number of nitro groups is 1. The average Bonchev–Trinajstić information content (AvgIpc) is 2.71. The van der Waals surface area contributed by atoms with Crippen LogP contribution >= 0.6 is 24.0 Å². The van der Waals surface area contributed by atoms with E-state index in [-0.39, 0.29) is 35.4 Å². The summed E-state index contributed by atoms with van der Waals surface area (Å²) in [6, 6.07) is 9.86. The number of halogens is 3. The number of nitrogens with one attached hydrogen (secondary N) is 1. The molecule has 1 heterocycles. The van der Waals surface area contributed by atoms with Gasteiger partial charge in [0.05, 0.1) is 10.6 Å². The van der Waals surface area contributed by atoms with E-state index in [0.717, 1.165) is 17.7 Å². The molecule has 2 aromatic carbocycles. The zero-order chi connectivity index (χ0) is 20.1. The van der Waals surface area contributed by atoms with Crippen LogP contribution in [0.4, 0.5) is 20.2 Å². The van der Waals surface area contributed by atoms with E-state index >= 15 is 0 Å². The molecule has 1 aliphatic rings. The molecule has 7 nitrogen and oxygen atoms in total. The third kappa shape index (κ3) is 5.75. The van der Waals surface area contributed by atoms with Crippen molar-refractivity contribution in [3.8, 4) is 0 Å². The molecule has 1 saturated heterocycles. The molecule has 0 unspecified atom stereocenters. The van der Waals surface area contributed by atoms with Crippen LogP contribution in [0, 0.1) is 21.7 Å². The van der Waals surface area contributed by atoms with E-state index in [4.69, 9.17) is 0 Å². The van der Waals surface area contributed by atoms with Crippen LogP contribution in [0.1, 0.15) is 5.56 Å². The number of benzene rings is 2. The van der Waals surface area contributed by atoms with Crippen LogP contribution in [0.15, 0.2) is 47.5 Å². The molecule has 2 aromatic rings. The normalized spacial score (nSPS) is 14.4. The van der Waals surface area contributed by atoms with Crippen LogP contribution in [0.3, 0.4) is 0 Å². The molecular formula is C19H22F2IN5O2. The lowest BCUT2D eigenvalue weighted by molar-refractivity contribution is -0.384. The van der Waals surface area contributed by atoms with Crippen molar-refractivity contribution < 1.29 is 13.7 Å². The molecule has 0 bridgehead atoms. The van der Waals surface area contributed by atoms with E-state index in [2.05, 4.69) is 10.3 Å². The Morgan fingerprint density at radius 1 is 1.17 bits per heavy atom. The second-order valence-corrected chi connectivity index (χ2v) is 6.40. The molecule has 1 aliphatic heterocycles. The molecule has 1 fully saturated rings. The van der Waals surface area contributed by atoms with Crippen LogP contribution in [0.25, 0.3) is 0 Å². The number of hydrogen-bond donors (Lipinski definition) is 1. The Labute approximate surface area is 184 Å². The summed E-state index contributed by atoms with van der Waals surface area (Å²) in [6.45, 7) is 2.62. The third-order valence-corrected chi connectivity index (χ3v) is 4.61. The van der Waals surface area contributed by atoms with Gasteiger partial charge >= 0.3 is 0 Å². The van der Waals surface area contributed by atoms with Gasteiger partial charge in [0, 0.05) is 58.0 Å². The number of nitrogens with zero attached hydrogens (tertiary/aromatic N) is 4. The lowest BCUT2D eigenvalue weighted by Gasteiger charge is -2.37. The maximum Gasteiger partial charge on any atom is 0.269 e. The highest BCUT2D eigenvalue weighted by molar-refractivity contribution is 14.0. The van der Waals surface area contributed by atoms with Crippen molar-refractivity contribution in [3.63, 3.8) is 0 Å². The van der Waals surface area contributed by atoms with Gasteiger partial charge in [-0.05, 0) is 17.7 Å². The molecular weight excluding hydrogens is 495 g/mol. The van der Waals surface area contributed by atoms with Gasteiger partial charge in [-0.1, -0.05) is 12.1 Å². The van der Waals surface area contributed by atoms with Crippen molar-refractivity contribution >= 4 is 41.3 Å². The van der Waals surface area contributed by atoms with Crippen LogP contribution in [0.2, 0.25) is 0 Å². The van der Waals surface area contributed by atoms with Crippen LogP contribution in [-0.2, 0) is 6.54 Å². The number of anilines is 1. The van der Waals surface area contributed by atoms with Gasteiger partial charge in [-0.25, -0.2) is 8.78 Å². The Morgan fingerprint density at radius 2 is 1.90 bits per heavy atom. The standard InChI is InChI=1S/C19H21F2N5O2.HI/c1-22-19(23-13-14-3-2-4-16(11-14)26(27)28)25-9-7-24(8-10-25)18-12-15(20)5-6-17(18)21;/h2-6,11-12H,7-10,13H2,1H3,(H,22,23);1H. The van der Waals surface area contributed by atoms with Gasteiger partial charge in [0.1, 0.15) is 11.6 Å². The van der Waals surface area contributed by atoms with E-state index in [1.165, 1.54) is 18.2 Å². The highest BCUT2D eigenvalue weighted by Crippen LogP contribution is 2.22. The molecule has 0 aliphatic carbocycles. The number of hydrogen-bond acceptors (Lipinski definition) is 4. The second-order valence-electron chi connectivity index (χ2n) is 6.40. The zero-order valence-corrected chi connectivity index (χ0v) is 18.2. The molecule has 0 spiro atoms. The number of rotatable bonds is 4. The molecule has 29 heavy (non-hydrogen) atoms. The van der Waals surface area contributed by atoms with Gasteiger partial charge in [0.2, 0.25) is 0 Å². The Bertz CT molecular complexity index is 889. The smallest absolute Gasteiger partial charge is 0.269 e. The van der Waals surface area contributed by atoms with Gasteiger partial charge in [-0.3, -0.25) is 15.1 Å². The molecule has 10 heteroatoms. The fourth-order valence-corrected chi connectivity index (χ4v) is 3.18. The van der Waals surface area contributed by atoms with Crippen molar-refractivity contribution in [3.05, 3.63) is 69.8 Å². The first kappa shape index (κ1) is 22.8. The maximum absolute atomic E-state index is 14.0. The lowest BCUT2D eigenvalue weighted by Crippen LogP contribution is -2.52. The highest BCUT2D eigenvalue weighted by Gasteiger charge is 2.22. The predicted molar refractivity (Wildman–Crippen MR) is 119 cm³/mol. The van der Waals surface area contributed by atoms with Crippen molar-refractivity contribution in [2.75, 3.05) is 38.1 Å². The van der Waals surface area contributed by atoms with E-state index in [9.17, 15) is 18.9 Å². The van der Waals surface area contributed by atoms with E-state index in [1.807, 2.05) is 9.80 Å². The largest absolute Gasteiger partial charge is 0.366 e. The van der Waals surface area contributed by atoms with E-state index < -0.39 is 16.6 Å². The minimum Gasteiger partial charge on any atom is -0.366 e. The first-order valence-corrected chi connectivity index (χ1v) is 8.87. The first-order valence-electron chi connectivity index (χ1n) is 8.87. The monoisotopic (exact) mass is 517 g/mol. The number of guanidine groups is 1. The second kappa shape index (κ2) is 10.3. The molecule has 0 radical (unpaired) electrons. The molecule has 156 valence electrons. The van der Waals surface area contributed by atoms with Crippen LogP contribution in [-0.4, -0.2) is 49.0 Å². The highest BCUT2D eigenvalue weighted by atomic mass is 127. The fraction of sp³-hybridized carbons (Fsp3) is 0.316. The van der Waals surface area contributed by atoms with Crippen LogP contribution in [0.5, 0.6) is 0 Å². The van der Waals surface area contributed by atoms with Gasteiger partial charge in [-0.2, -0.15) is 0 Å². The summed E-state index contributed by atoms with van der Waals surface area (Å²) >= 11 is 0. The summed E-state index contributed by atoms with van der Waals surface area (Å²) in [6.07, 6.45) is 0. The van der Waals surface area contributed by atoms with Crippen LogP contribution < -0.4 is 10.2 Å². The van der Waals surface area contributed by atoms with Gasteiger partial charge in [-0.15, -0.1) is 24.0 Å². The Balaban J connectivity index is 0.00000300. The molecule has 0 atom stereocenters. The van der Waals surface area contributed by atoms with Gasteiger partial charge in [0.25, 0.3) is 5.69 Å². The summed E-state index contributed by atoms with van der Waals surface area (Å²) in [5.41, 5.74) is 1.08. The number of piperazine rings is 1. The minimum absolute atomic E-state index is 0.